The van der Waals surface area contributed by atoms with Crippen LogP contribution in [0.25, 0.3) is 0 Å². The minimum Gasteiger partial charge on any atom is -0.455 e. The van der Waals surface area contributed by atoms with Gasteiger partial charge in [-0.25, -0.2) is 0 Å². The van der Waals surface area contributed by atoms with E-state index in [0.29, 0.717) is 18.7 Å². The van der Waals surface area contributed by atoms with Gasteiger partial charge in [-0.2, -0.15) is 0 Å². The van der Waals surface area contributed by atoms with Crippen molar-refractivity contribution in [1.29, 1.82) is 0 Å². The van der Waals surface area contributed by atoms with Gasteiger partial charge < -0.3 is 20.5 Å². The highest BCUT2D eigenvalue weighted by Crippen LogP contribution is 2.27. The molecule has 1 amide bonds. The number of carbonyl (C=O) groups excluding carboxylic acids is 1. The number of nitrogens with two attached hydrogens (primary N) is 1. The summed E-state index contributed by atoms with van der Waals surface area (Å²) < 4.78 is 11.4. The van der Waals surface area contributed by atoms with Gasteiger partial charge in [0.15, 0.2) is 0 Å². The topological polar surface area (TPSA) is 86.5 Å². The van der Waals surface area contributed by atoms with Crippen molar-refractivity contribution in [3.05, 3.63) is 48.3 Å². The summed E-state index contributed by atoms with van der Waals surface area (Å²) in [5, 5.41) is 2.89. The zero-order chi connectivity index (χ0) is 16.9. The van der Waals surface area contributed by atoms with E-state index in [1.807, 2.05) is 37.3 Å². The molecule has 6 nitrogen and oxygen atoms in total. The van der Waals surface area contributed by atoms with Gasteiger partial charge in [-0.3, -0.25) is 9.78 Å². The fourth-order valence-electron chi connectivity index (χ4n) is 2.67. The van der Waals surface area contributed by atoms with Crippen LogP contribution in [0, 0.1) is 6.92 Å². The number of aryl methyl sites for hydroxylation is 1. The van der Waals surface area contributed by atoms with Gasteiger partial charge in [0.05, 0.1) is 12.3 Å². The Labute approximate surface area is 165 Å². The van der Waals surface area contributed by atoms with Crippen LogP contribution in [0.15, 0.2) is 42.7 Å². The fraction of sp³-hybridized carbons (Fsp3) is 0.333. The summed E-state index contributed by atoms with van der Waals surface area (Å²) in [7, 11) is 0. The van der Waals surface area contributed by atoms with Crippen molar-refractivity contribution < 1.29 is 14.3 Å². The number of ether oxygens (including phenoxy) is 2. The van der Waals surface area contributed by atoms with Crippen LogP contribution >= 0.6 is 24.8 Å². The summed E-state index contributed by atoms with van der Waals surface area (Å²) in [6.45, 7) is 2.38. The molecule has 1 aromatic heterocycles. The van der Waals surface area contributed by atoms with Crippen LogP contribution in [0.5, 0.6) is 11.5 Å². The van der Waals surface area contributed by atoms with Crippen LogP contribution in [0.1, 0.15) is 18.4 Å². The Balaban J connectivity index is 0.00000169. The Morgan fingerprint density at radius 3 is 2.77 bits per heavy atom. The number of nitrogens with zero attached hydrogens (tertiary/aromatic N) is 1. The Kier molecular flexibility index (Phi) is 8.81. The molecule has 1 aromatic carbocycles. The third kappa shape index (κ3) is 5.57. The lowest BCUT2D eigenvalue weighted by atomic mass is 10.1. The molecular formula is C18H23Cl2N3O3. The molecule has 8 heteroatoms. The molecule has 1 fully saturated rings. The number of carbonyl (C=O) groups is 1. The number of hydrogen-bond acceptors (Lipinski definition) is 5. The van der Waals surface area contributed by atoms with Crippen molar-refractivity contribution in [2.45, 2.75) is 32.0 Å². The highest BCUT2D eigenvalue weighted by atomic mass is 35.5. The lowest BCUT2D eigenvalue weighted by Gasteiger charge is -2.14. The first kappa shape index (κ1) is 22.2. The summed E-state index contributed by atoms with van der Waals surface area (Å²) in [4.78, 5) is 16.3. The Morgan fingerprint density at radius 1 is 1.35 bits per heavy atom. The maximum atomic E-state index is 12.2. The number of hydrogen-bond donors (Lipinski definition) is 2. The lowest BCUT2D eigenvalue weighted by molar-refractivity contribution is -0.126. The van der Waals surface area contributed by atoms with Gasteiger partial charge in [-0.1, -0.05) is 0 Å². The van der Waals surface area contributed by atoms with E-state index < -0.39 is 6.10 Å². The van der Waals surface area contributed by atoms with Crippen molar-refractivity contribution in [1.82, 2.24) is 4.98 Å². The van der Waals surface area contributed by atoms with Crippen LogP contribution in [-0.4, -0.2) is 29.6 Å². The van der Waals surface area contributed by atoms with Crippen molar-refractivity contribution in [2.75, 3.05) is 11.9 Å². The monoisotopic (exact) mass is 399 g/mol. The predicted molar refractivity (Wildman–Crippen MR) is 106 cm³/mol. The maximum absolute atomic E-state index is 12.2. The third-order valence-corrected chi connectivity index (χ3v) is 3.97. The van der Waals surface area contributed by atoms with E-state index in [0.717, 1.165) is 23.4 Å². The minimum absolute atomic E-state index is 0. The van der Waals surface area contributed by atoms with E-state index in [1.165, 1.54) is 0 Å². The van der Waals surface area contributed by atoms with Gasteiger partial charge in [0.2, 0.25) is 0 Å². The number of nitrogens with one attached hydrogen (secondary N) is 1. The zero-order valence-electron chi connectivity index (χ0n) is 14.4. The number of amides is 1. The SMILES string of the molecule is Cc1cc(NC(=O)[C@@H]2CC[C@H](CN)O2)ccc1Oc1cccnc1.Cl.Cl. The highest BCUT2D eigenvalue weighted by molar-refractivity contribution is 5.94. The lowest BCUT2D eigenvalue weighted by Crippen LogP contribution is -2.29. The van der Waals surface area contributed by atoms with E-state index in [4.69, 9.17) is 15.2 Å². The molecule has 3 N–H and O–H groups in total. The molecule has 0 bridgehead atoms. The van der Waals surface area contributed by atoms with Gasteiger partial charge in [0.25, 0.3) is 5.91 Å². The summed E-state index contributed by atoms with van der Waals surface area (Å²) in [6, 6.07) is 9.17. The molecule has 3 rings (SSSR count). The molecule has 0 unspecified atom stereocenters. The standard InChI is InChI=1S/C18H21N3O3.2ClH/c1-12-9-13(21-18(22)17-7-5-14(10-19)23-17)4-6-16(12)24-15-3-2-8-20-11-15;;/h2-4,6,8-9,11,14,17H,5,7,10,19H2,1H3,(H,21,22);2*1H/t14-,17+;;/m1../s1. The minimum atomic E-state index is -0.426. The van der Waals surface area contributed by atoms with Gasteiger partial charge >= 0.3 is 0 Å². The highest BCUT2D eigenvalue weighted by Gasteiger charge is 2.29. The zero-order valence-corrected chi connectivity index (χ0v) is 16.0. The number of halogens is 2. The molecule has 0 spiro atoms. The van der Waals surface area contributed by atoms with Gasteiger partial charge in [0, 0.05) is 18.4 Å². The first-order chi connectivity index (χ1) is 11.7. The summed E-state index contributed by atoms with van der Waals surface area (Å²) >= 11 is 0. The van der Waals surface area contributed by atoms with Crippen molar-refractivity contribution in [2.24, 2.45) is 5.73 Å². The molecule has 2 heterocycles. The van der Waals surface area contributed by atoms with E-state index in [2.05, 4.69) is 10.3 Å². The summed E-state index contributed by atoms with van der Waals surface area (Å²) in [5.74, 6) is 1.26. The summed E-state index contributed by atoms with van der Waals surface area (Å²) in [6.07, 6.45) is 4.43. The second kappa shape index (κ2) is 10.3. The van der Waals surface area contributed by atoms with Crippen molar-refractivity contribution in [3.8, 4) is 11.5 Å². The number of anilines is 1. The molecule has 0 radical (unpaired) electrons. The number of rotatable bonds is 5. The van der Waals surface area contributed by atoms with Crippen LogP contribution in [0.2, 0.25) is 0 Å². The average Bonchev–Trinajstić information content (AvgIpc) is 3.08. The number of benzene rings is 1. The van der Waals surface area contributed by atoms with Crippen LogP contribution in [0.3, 0.4) is 0 Å². The molecule has 1 saturated heterocycles. The third-order valence-electron chi connectivity index (χ3n) is 3.97. The molecule has 2 atom stereocenters. The normalized spacial score (nSPS) is 18.4. The van der Waals surface area contributed by atoms with Gasteiger partial charge in [0.1, 0.15) is 17.6 Å². The predicted octanol–water partition coefficient (Wildman–Crippen LogP) is 3.47. The quantitative estimate of drug-likeness (QED) is 0.803. The molecule has 142 valence electrons. The van der Waals surface area contributed by atoms with Crippen molar-refractivity contribution >= 4 is 36.4 Å². The van der Waals surface area contributed by atoms with Crippen molar-refractivity contribution in [3.63, 3.8) is 0 Å². The first-order valence-electron chi connectivity index (χ1n) is 8.00. The van der Waals surface area contributed by atoms with E-state index >= 15 is 0 Å². The Hall–Kier alpha value is -1.86. The molecule has 0 aliphatic carbocycles. The largest absolute Gasteiger partial charge is 0.455 e. The van der Waals surface area contributed by atoms with Crippen LogP contribution in [0.4, 0.5) is 5.69 Å². The molecule has 26 heavy (non-hydrogen) atoms. The summed E-state index contributed by atoms with van der Waals surface area (Å²) in [5.41, 5.74) is 7.21. The fourth-order valence-corrected chi connectivity index (χ4v) is 2.67. The Bertz CT molecular complexity index is 716. The van der Waals surface area contributed by atoms with E-state index in [-0.39, 0.29) is 36.8 Å². The molecule has 1 aliphatic rings. The molecule has 2 aromatic rings. The Morgan fingerprint density at radius 2 is 2.15 bits per heavy atom. The molecule has 1 aliphatic heterocycles. The van der Waals surface area contributed by atoms with Crippen LogP contribution < -0.4 is 15.8 Å². The van der Waals surface area contributed by atoms with E-state index in [9.17, 15) is 4.79 Å². The average molecular weight is 400 g/mol. The van der Waals surface area contributed by atoms with Crippen LogP contribution in [-0.2, 0) is 9.53 Å². The molecular weight excluding hydrogens is 377 g/mol. The van der Waals surface area contributed by atoms with E-state index in [1.54, 1.807) is 12.4 Å². The second-order valence-electron chi connectivity index (χ2n) is 5.82. The molecule has 0 saturated carbocycles. The number of pyridine rings is 1. The van der Waals surface area contributed by atoms with Gasteiger partial charge in [-0.05, 0) is 55.7 Å². The second-order valence-corrected chi connectivity index (χ2v) is 5.82. The smallest absolute Gasteiger partial charge is 0.253 e. The van der Waals surface area contributed by atoms with Gasteiger partial charge in [-0.15, -0.1) is 24.8 Å². The number of aromatic nitrogens is 1. The first-order valence-corrected chi connectivity index (χ1v) is 8.00. The maximum Gasteiger partial charge on any atom is 0.253 e.